The van der Waals surface area contributed by atoms with Gasteiger partial charge in [-0.05, 0) is 12.5 Å². The fraction of sp³-hybridized carbons (Fsp3) is 0.400. The number of hydrogen-bond donors (Lipinski definition) is 2. The van der Waals surface area contributed by atoms with Crippen LogP contribution in [-0.2, 0) is 5.75 Å². The molecular formula is C10H14O2S. The Morgan fingerprint density at radius 2 is 1.85 bits per heavy atom. The van der Waals surface area contributed by atoms with Crippen LogP contribution in [0.1, 0.15) is 12.5 Å². The van der Waals surface area contributed by atoms with E-state index in [2.05, 4.69) is 0 Å². The van der Waals surface area contributed by atoms with Crippen LogP contribution in [-0.4, -0.2) is 21.8 Å². The Morgan fingerprint density at radius 3 is 2.38 bits per heavy atom. The standard InChI is InChI=1S/C10H14O2S/c1-8(10(11)12)13-7-9-5-3-2-4-6-9/h2-6,8,10-12H,7H2,1H3. The number of aliphatic hydroxyl groups excluding tert-OH is 1. The first kappa shape index (κ1) is 10.6. The van der Waals surface area contributed by atoms with Gasteiger partial charge in [0.25, 0.3) is 0 Å². The Kier molecular flexibility index (Phi) is 4.28. The van der Waals surface area contributed by atoms with E-state index in [-0.39, 0.29) is 5.25 Å². The van der Waals surface area contributed by atoms with E-state index < -0.39 is 6.29 Å². The van der Waals surface area contributed by atoms with Gasteiger partial charge in [0.15, 0.2) is 6.29 Å². The van der Waals surface area contributed by atoms with Gasteiger partial charge in [0.05, 0.1) is 5.25 Å². The van der Waals surface area contributed by atoms with Crippen molar-refractivity contribution < 1.29 is 10.2 Å². The molecule has 1 unspecified atom stereocenters. The zero-order chi connectivity index (χ0) is 9.68. The highest BCUT2D eigenvalue weighted by molar-refractivity contribution is 7.99. The van der Waals surface area contributed by atoms with E-state index in [9.17, 15) is 0 Å². The molecular weight excluding hydrogens is 184 g/mol. The highest BCUT2D eigenvalue weighted by Crippen LogP contribution is 2.18. The molecule has 0 bridgehead atoms. The molecule has 3 heteroatoms. The highest BCUT2D eigenvalue weighted by Gasteiger charge is 2.10. The Morgan fingerprint density at radius 1 is 1.23 bits per heavy atom. The second-order valence-corrected chi connectivity index (χ2v) is 4.28. The largest absolute Gasteiger partial charge is 0.367 e. The van der Waals surface area contributed by atoms with Gasteiger partial charge in [-0.3, -0.25) is 0 Å². The van der Waals surface area contributed by atoms with Crippen molar-refractivity contribution in [1.82, 2.24) is 0 Å². The molecule has 72 valence electrons. The quantitative estimate of drug-likeness (QED) is 0.722. The third kappa shape index (κ3) is 3.81. The average molecular weight is 198 g/mol. The first-order chi connectivity index (χ1) is 6.20. The zero-order valence-corrected chi connectivity index (χ0v) is 8.37. The number of benzene rings is 1. The van der Waals surface area contributed by atoms with E-state index in [4.69, 9.17) is 10.2 Å². The van der Waals surface area contributed by atoms with Gasteiger partial charge in [-0.2, -0.15) is 0 Å². The maximum Gasteiger partial charge on any atom is 0.163 e. The molecule has 0 saturated carbocycles. The molecule has 1 rings (SSSR count). The number of rotatable bonds is 4. The lowest BCUT2D eigenvalue weighted by molar-refractivity contribution is -0.0367. The molecule has 0 saturated heterocycles. The number of thioether (sulfide) groups is 1. The molecule has 13 heavy (non-hydrogen) atoms. The molecule has 2 nitrogen and oxygen atoms in total. The fourth-order valence-corrected chi connectivity index (χ4v) is 1.71. The second kappa shape index (κ2) is 5.27. The van der Waals surface area contributed by atoms with E-state index in [0.717, 1.165) is 5.75 Å². The first-order valence-corrected chi connectivity index (χ1v) is 5.26. The van der Waals surface area contributed by atoms with E-state index in [1.165, 1.54) is 17.3 Å². The Balaban J connectivity index is 2.35. The molecule has 2 N–H and O–H groups in total. The van der Waals surface area contributed by atoms with Crippen molar-refractivity contribution in [2.75, 3.05) is 0 Å². The van der Waals surface area contributed by atoms with E-state index in [1.54, 1.807) is 6.92 Å². The van der Waals surface area contributed by atoms with Crippen molar-refractivity contribution in [3.05, 3.63) is 35.9 Å². The predicted molar refractivity (Wildman–Crippen MR) is 55.4 cm³/mol. The van der Waals surface area contributed by atoms with Crippen LogP contribution in [0.15, 0.2) is 30.3 Å². The Hall–Kier alpha value is -0.510. The van der Waals surface area contributed by atoms with Crippen LogP contribution >= 0.6 is 11.8 Å². The molecule has 0 radical (unpaired) electrons. The van der Waals surface area contributed by atoms with Crippen molar-refractivity contribution in [3.8, 4) is 0 Å². The highest BCUT2D eigenvalue weighted by atomic mass is 32.2. The van der Waals surface area contributed by atoms with Crippen LogP contribution in [0.4, 0.5) is 0 Å². The molecule has 0 spiro atoms. The van der Waals surface area contributed by atoms with Gasteiger partial charge in [0, 0.05) is 5.75 Å². The van der Waals surface area contributed by atoms with Crippen LogP contribution in [0.3, 0.4) is 0 Å². The smallest absolute Gasteiger partial charge is 0.163 e. The topological polar surface area (TPSA) is 40.5 Å². The molecule has 1 atom stereocenters. The second-order valence-electron chi connectivity index (χ2n) is 2.92. The minimum atomic E-state index is -1.23. The summed E-state index contributed by atoms with van der Waals surface area (Å²) in [5.41, 5.74) is 1.21. The molecule has 0 fully saturated rings. The minimum Gasteiger partial charge on any atom is -0.367 e. The van der Waals surface area contributed by atoms with Gasteiger partial charge in [0.1, 0.15) is 0 Å². The summed E-state index contributed by atoms with van der Waals surface area (Å²) in [6.45, 7) is 1.80. The summed E-state index contributed by atoms with van der Waals surface area (Å²) < 4.78 is 0. The Bertz CT molecular complexity index is 236. The lowest BCUT2D eigenvalue weighted by atomic mass is 10.2. The van der Waals surface area contributed by atoms with Gasteiger partial charge >= 0.3 is 0 Å². The average Bonchev–Trinajstić information content (AvgIpc) is 2.15. The van der Waals surface area contributed by atoms with Gasteiger partial charge in [-0.1, -0.05) is 30.3 Å². The summed E-state index contributed by atoms with van der Waals surface area (Å²) in [5, 5.41) is 17.5. The number of hydrogen-bond acceptors (Lipinski definition) is 3. The third-order valence-corrected chi connectivity index (χ3v) is 3.04. The van der Waals surface area contributed by atoms with Crippen LogP contribution in [0.2, 0.25) is 0 Å². The molecule has 1 aromatic rings. The Labute approximate surface area is 82.6 Å². The summed E-state index contributed by atoms with van der Waals surface area (Å²) in [6.07, 6.45) is -1.23. The normalized spacial score (nSPS) is 13.2. The maximum atomic E-state index is 8.83. The summed E-state index contributed by atoms with van der Waals surface area (Å²) in [4.78, 5) is 0. The molecule has 0 heterocycles. The lowest BCUT2D eigenvalue weighted by Crippen LogP contribution is -2.18. The van der Waals surface area contributed by atoms with E-state index >= 15 is 0 Å². The summed E-state index contributed by atoms with van der Waals surface area (Å²) in [6, 6.07) is 10.00. The maximum absolute atomic E-state index is 8.83. The molecule has 0 amide bonds. The van der Waals surface area contributed by atoms with Gasteiger partial charge < -0.3 is 10.2 Å². The minimum absolute atomic E-state index is 0.139. The SMILES string of the molecule is CC(SCc1ccccc1)C(O)O. The summed E-state index contributed by atoms with van der Waals surface area (Å²) >= 11 is 1.54. The monoisotopic (exact) mass is 198 g/mol. The molecule has 0 aliphatic rings. The zero-order valence-electron chi connectivity index (χ0n) is 7.55. The van der Waals surface area contributed by atoms with Crippen molar-refractivity contribution in [3.63, 3.8) is 0 Å². The molecule has 0 aromatic heterocycles. The van der Waals surface area contributed by atoms with Crippen molar-refractivity contribution in [2.45, 2.75) is 24.2 Å². The summed E-state index contributed by atoms with van der Waals surface area (Å²) in [7, 11) is 0. The van der Waals surface area contributed by atoms with Crippen LogP contribution < -0.4 is 0 Å². The lowest BCUT2D eigenvalue weighted by Gasteiger charge is -2.12. The van der Waals surface area contributed by atoms with Crippen molar-refractivity contribution in [1.29, 1.82) is 0 Å². The van der Waals surface area contributed by atoms with Crippen molar-refractivity contribution in [2.24, 2.45) is 0 Å². The van der Waals surface area contributed by atoms with Crippen LogP contribution in [0.25, 0.3) is 0 Å². The predicted octanol–water partition coefficient (Wildman–Crippen LogP) is 1.62. The summed E-state index contributed by atoms with van der Waals surface area (Å²) in [5.74, 6) is 0.819. The van der Waals surface area contributed by atoms with Gasteiger partial charge in [-0.25, -0.2) is 0 Å². The van der Waals surface area contributed by atoms with Crippen LogP contribution in [0, 0.1) is 0 Å². The molecule has 0 aliphatic carbocycles. The van der Waals surface area contributed by atoms with E-state index in [0.29, 0.717) is 0 Å². The third-order valence-electron chi connectivity index (χ3n) is 1.78. The van der Waals surface area contributed by atoms with Gasteiger partial charge in [-0.15, -0.1) is 11.8 Å². The van der Waals surface area contributed by atoms with Crippen LogP contribution in [0.5, 0.6) is 0 Å². The first-order valence-electron chi connectivity index (χ1n) is 4.22. The van der Waals surface area contributed by atoms with Gasteiger partial charge in [0.2, 0.25) is 0 Å². The molecule has 1 aromatic carbocycles. The van der Waals surface area contributed by atoms with Crippen molar-refractivity contribution >= 4 is 11.8 Å². The number of aliphatic hydroxyl groups is 2. The fourth-order valence-electron chi connectivity index (χ4n) is 0.888. The molecule has 0 aliphatic heterocycles. The van der Waals surface area contributed by atoms with E-state index in [1.807, 2.05) is 30.3 Å².